The third-order valence-corrected chi connectivity index (χ3v) is 4.35. The highest BCUT2D eigenvalue weighted by Gasteiger charge is 2.15. The van der Waals surface area contributed by atoms with Gasteiger partial charge in [0.15, 0.2) is 0 Å². The number of carbonyl (C=O) groups is 2. The predicted octanol–water partition coefficient (Wildman–Crippen LogP) is 2.03. The standard InChI is InChI=1S/C15H13ClFN3O4S/c1-2-24-12(21)8-20-13(16)11(25-15(20)23)7-18-19-14(22)9-5-3-4-6-10(9)17/h3-7H,2,8H2,1H3,(H,19,22)/b18-7+. The van der Waals surface area contributed by atoms with Crippen LogP contribution in [0.2, 0.25) is 5.15 Å². The monoisotopic (exact) mass is 385 g/mol. The Kier molecular flexibility index (Phi) is 6.43. The molecule has 7 nitrogen and oxygen atoms in total. The van der Waals surface area contributed by atoms with Gasteiger partial charge in [0.25, 0.3) is 5.91 Å². The fourth-order valence-electron chi connectivity index (χ4n) is 1.81. The van der Waals surface area contributed by atoms with Crippen LogP contribution in [0.5, 0.6) is 0 Å². The molecule has 0 fully saturated rings. The molecule has 0 aliphatic carbocycles. The molecule has 1 aromatic heterocycles. The summed E-state index contributed by atoms with van der Waals surface area (Å²) in [4.78, 5) is 34.9. The Labute approximate surface area is 150 Å². The topological polar surface area (TPSA) is 89.8 Å². The molecule has 2 aromatic rings. The lowest BCUT2D eigenvalue weighted by Crippen LogP contribution is -2.21. The first-order valence-electron chi connectivity index (χ1n) is 7.06. The molecule has 25 heavy (non-hydrogen) atoms. The van der Waals surface area contributed by atoms with E-state index in [1.165, 1.54) is 18.2 Å². The summed E-state index contributed by atoms with van der Waals surface area (Å²) in [6, 6.07) is 5.43. The van der Waals surface area contributed by atoms with Gasteiger partial charge in [0.1, 0.15) is 17.5 Å². The van der Waals surface area contributed by atoms with E-state index in [1.807, 2.05) is 0 Å². The number of nitrogens with one attached hydrogen (secondary N) is 1. The molecule has 0 aliphatic heterocycles. The van der Waals surface area contributed by atoms with Crippen LogP contribution in [0.15, 0.2) is 34.2 Å². The summed E-state index contributed by atoms with van der Waals surface area (Å²) in [5.74, 6) is -2.03. The number of carbonyl (C=O) groups excluding carboxylic acids is 2. The molecule has 0 radical (unpaired) electrons. The Morgan fingerprint density at radius 2 is 2.16 bits per heavy atom. The van der Waals surface area contributed by atoms with E-state index in [0.717, 1.165) is 28.2 Å². The molecule has 1 aromatic carbocycles. The van der Waals surface area contributed by atoms with E-state index in [4.69, 9.17) is 16.3 Å². The second-order valence-corrected chi connectivity index (χ2v) is 5.94. The number of hydrogen-bond donors (Lipinski definition) is 1. The summed E-state index contributed by atoms with van der Waals surface area (Å²) in [5.41, 5.74) is 1.97. The Morgan fingerprint density at radius 3 is 2.84 bits per heavy atom. The van der Waals surface area contributed by atoms with Crippen LogP contribution >= 0.6 is 22.9 Å². The highest BCUT2D eigenvalue weighted by Crippen LogP contribution is 2.16. The molecule has 132 valence electrons. The van der Waals surface area contributed by atoms with Crippen molar-refractivity contribution in [1.29, 1.82) is 0 Å². The zero-order valence-corrected chi connectivity index (χ0v) is 14.6. The van der Waals surface area contributed by atoms with Crippen molar-refractivity contribution in [3.05, 3.63) is 55.3 Å². The van der Waals surface area contributed by atoms with E-state index in [0.29, 0.717) is 0 Å². The maximum Gasteiger partial charge on any atom is 0.326 e. The Bertz CT molecular complexity index is 878. The van der Waals surface area contributed by atoms with E-state index in [1.54, 1.807) is 6.92 Å². The van der Waals surface area contributed by atoms with Gasteiger partial charge in [-0.25, -0.2) is 9.82 Å². The number of thiazole rings is 1. The van der Waals surface area contributed by atoms with Gasteiger partial charge < -0.3 is 4.74 Å². The van der Waals surface area contributed by atoms with Gasteiger partial charge >= 0.3 is 10.8 Å². The minimum atomic E-state index is -0.747. The fraction of sp³-hybridized carbons (Fsp3) is 0.200. The summed E-state index contributed by atoms with van der Waals surface area (Å²) in [5, 5.41) is 3.65. The molecule has 2 rings (SSSR count). The number of esters is 1. The van der Waals surface area contributed by atoms with Crippen molar-refractivity contribution < 1.29 is 18.7 Å². The lowest BCUT2D eigenvalue weighted by atomic mass is 10.2. The molecule has 0 saturated heterocycles. The van der Waals surface area contributed by atoms with Crippen molar-refractivity contribution in [2.24, 2.45) is 5.10 Å². The molecule has 1 heterocycles. The van der Waals surface area contributed by atoms with Gasteiger partial charge in [0.2, 0.25) is 0 Å². The maximum absolute atomic E-state index is 13.5. The molecule has 0 atom stereocenters. The first-order chi connectivity index (χ1) is 11.9. The Balaban J connectivity index is 2.09. The van der Waals surface area contributed by atoms with Crippen LogP contribution in [0.1, 0.15) is 22.2 Å². The second kappa shape index (κ2) is 8.54. The first-order valence-corrected chi connectivity index (χ1v) is 8.26. The largest absolute Gasteiger partial charge is 0.465 e. The second-order valence-electron chi connectivity index (χ2n) is 4.59. The lowest BCUT2D eigenvalue weighted by molar-refractivity contribution is -0.143. The van der Waals surface area contributed by atoms with Crippen LogP contribution in [-0.2, 0) is 16.1 Å². The molecular formula is C15H13ClFN3O4S. The SMILES string of the molecule is CCOC(=O)Cn1c(Cl)c(/C=N/NC(=O)c2ccccc2F)sc1=O. The minimum absolute atomic E-state index is 0.00746. The van der Waals surface area contributed by atoms with E-state index < -0.39 is 22.6 Å². The number of halogens is 2. The van der Waals surface area contributed by atoms with Crippen molar-refractivity contribution in [1.82, 2.24) is 9.99 Å². The van der Waals surface area contributed by atoms with E-state index in [-0.39, 0.29) is 28.7 Å². The maximum atomic E-state index is 13.5. The van der Waals surface area contributed by atoms with E-state index >= 15 is 0 Å². The highest BCUT2D eigenvalue weighted by atomic mass is 35.5. The van der Waals surface area contributed by atoms with Crippen molar-refractivity contribution in [3.8, 4) is 0 Å². The molecule has 10 heteroatoms. The zero-order valence-electron chi connectivity index (χ0n) is 13.0. The normalized spacial score (nSPS) is 10.8. The quantitative estimate of drug-likeness (QED) is 0.468. The molecule has 0 unspecified atom stereocenters. The highest BCUT2D eigenvalue weighted by molar-refractivity contribution is 7.11. The molecular weight excluding hydrogens is 373 g/mol. The molecule has 0 saturated carbocycles. The molecule has 0 aliphatic rings. The fourth-order valence-corrected chi connectivity index (χ4v) is 2.91. The van der Waals surface area contributed by atoms with Crippen molar-refractivity contribution in [2.75, 3.05) is 6.61 Å². The number of nitrogens with zero attached hydrogens (tertiary/aromatic N) is 2. The molecule has 0 spiro atoms. The smallest absolute Gasteiger partial charge is 0.326 e. The van der Waals surface area contributed by atoms with Crippen LogP contribution in [0.4, 0.5) is 4.39 Å². The average Bonchev–Trinajstić information content (AvgIpc) is 2.83. The Morgan fingerprint density at radius 1 is 1.44 bits per heavy atom. The number of ether oxygens (including phenoxy) is 1. The van der Waals surface area contributed by atoms with Gasteiger partial charge in [0.05, 0.1) is 23.3 Å². The minimum Gasteiger partial charge on any atom is -0.465 e. The van der Waals surface area contributed by atoms with Crippen LogP contribution < -0.4 is 10.3 Å². The molecule has 1 N–H and O–H groups in total. The molecule has 1 amide bonds. The van der Waals surface area contributed by atoms with Crippen LogP contribution in [0.3, 0.4) is 0 Å². The third-order valence-electron chi connectivity index (χ3n) is 2.92. The van der Waals surface area contributed by atoms with Gasteiger partial charge in [-0.15, -0.1) is 0 Å². The summed E-state index contributed by atoms with van der Waals surface area (Å²) >= 11 is 6.78. The van der Waals surface area contributed by atoms with Crippen LogP contribution in [0, 0.1) is 5.82 Å². The van der Waals surface area contributed by atoms with E-state index in [9.17, 15) is 18.8 Å². The van der Waals surface area contributed by atoms with Gasteiger partial charge in [-0.3, -0.25) is 19.0 Å². The number of rotatable bonds is 6. The van der Waals surface area contributed by atoms with Crippen molar-refractivity contribution in [3.63, 3.8) is 0 Å². The summed E-state index contributed by atoms with van der Waals surface area (Å²) in [6.45, 7) is 1.51. The lowest BCUT2D eigenvalue weighted by Gasteiger charge is -2.03. The van der Waals surface area contributed by atoms with Gasteiger partial charge in [-0.2, -0.15) is 5.10 Å². The Hall–Kier alpha value is -2.52. The number of hydrazone groups is 1. The zero-order chi connectivity index (χ0) is 18.4. The predicted molar refractivity (Wildman–Crippen MR) is 91.7 cm³/mol. The molecule has 0 bridgehead atoms. The van der Waals surface area contributed by atoms with Gasteiger partial charge in [0, 0.05) is 0 Å². The first kappa shape index (κ1) is 18.8. The number of amides is 1. The van der Waals surface area contributed by atoms with Crippen molar-refractivity contribution >= 4 is 41.0 Å². The third kappa shape index (κ3) is 4.74. The van der Waals surface area contributed by atoms with Gasteiger partial charge in [-0.1, -0.05) is 35.1 Å². The summed E-state index contributed by atoms with van der Waals surface area (Å²) < 4.78 is 19.3. The average molecular weight is 386 g/mol. The van der Waals surface area contributed by atoms with Crippen LogP contribution in [0.25, 0.3) is 0 Å². The van der Waals surface area contributed by atoms with Gasteiger partial charge in [-0.05, 0) is 19.1 Å². The number of hydrogen-bond acceptors (Lipinski definition) is 6. The number of benzene rings is 1. The van der Waals surface area contributed by atoms with Crippen LogP contribution in [-0.4, -0.2) is 29.3 Å². The summed E-state index contributed by atoms with van der Waals surface area (Å²) in [6.07, 6.45) is 1.15. The van der Waals surface area contributed by atoms with Crippen molar-refractivity contribution in [2.45, 2.75) is 13.5 Å². The van der Waals surface area contributed by atoms with E-state index in [2.05, 4.69) is 10.5 Å². The summed E-state index contributed by atoms with van der Waals surface area (Å²) in [7, 11) is 0. The number of aromatic nitrogens is 1.